The summed E-state index contributed by atoms with van der Waals surface area (Å²) in [5.74, 6) is 2.68. The van der Waals surface area contributed by atoms with Crippen molar-refractivity contribution in [3.63, 3.8) is 0 Å². The molecule has 2 aromatic rings. The minimum absolute atomic E-state index is 0.765. The van der Waals surface area contributed by atoms with Crippen LogP contribution in [0.5, 0.6) is 5.75 Å². The van der Waals surface area contributed by atoms with Crippen LogP contribution in [0.15, 0.2) is 30.7 Å². The first-order chi connectivity index (χ1) is 7.85. The Balaban J connectivity index is 2.31. The molecule has 2 aromatic heterocycles. The maximum absolute atomic E-state index is 5.08. The Morgan fingerprint density at radius 2 is 2.19 bits per heavy atom. The molecule has 0 aliphatic heterocycles. The van der Waals surface area contributed by atoms with Gasteiger partial charge in [0.05, 0.1) is 13.3 Å². The fourth-order valence-corrected chi connectivity index (χ4v) is 1.59. The lowest BCUT2D eigenvalue weighted by molar-refractivity contribution is 0.412. The maximum atomic E-state index is 5.08. The van der Waals surface area contributed by atoms with Gasteiger partial charge in [0.15, 0.2) is 0 Å². The fraction of sp³-hybridized carbons (Fsp3) is 0.333. The Bertz CT molecular complexity index is 448. The van der Waals surface area contributed by atoms with Crippen LogP contribution in [0.4, 0.5) is 0 Å². The summed E-state index contributed by atoms with van der Waals surface area (Å²) < 4.78 is 7.08. The van der Waals surface area contributed by atoms with E-state index in [1.165, 1.54) is 0 Å². The fourth-order valence-electron chi connectivity index (χ4n) is 1.59. The standard InChI is InChI=1S/C12H15N3O/c1-3-4-11-13-7-8-15(11)12-6-5-10(16-2)9-14-12/h5-9H,3-4H2,1-2H3. The normalized spacial score (nSPS) is 10.4. The largest absolute Gasteiger partial charge is 0.495 e. The lowest BCUT2D eigenvalue weighted by atomic mass is 10.3. The predicted octanol–water partition coefficient (Wildman–Crippen LogP) is 2.23. The zero-order chi connectivity index (χ0) is 11.4. The highest BCUT2D eigenvalue weighted by Gasteiger charge is 2.04. The highest BCUT2D eigenvalue weighted by atomic mass is 16.5. The van der Waals surface area contributed by atoms with Gasteiger partial charge in [-0.1, -0.05) is 6.92 Å². The number of aromatic nitrogens is 3. The number of ether oxygens (including phenoxy) is 1. The van der Waals surface area contributed by atoms with Gasteiger partial charge < -0.3 is 4.74 Å². The Labute approximate surface area is 94.9 Å². The number of rotatable bonds is 4. The van der Waals surface area contributed by atoms with Crippen molar-refractivity contribution in [1.82, 2.24) is 14.5 Å². The highest BCUT2D eigenvalue weighted by molar-refractivity contribution is 5.30. The molecular weight excluding hydrogens is 202 g/mol. The van der Waals surface area contributed by atoms with Gasteiger partial charge in [-0.3, -0.25) is 4.57 Å². The lowest BCUT2D eigenvalue weighted by Crippen LogP contribution is -2.02. The zero-order valence-electron chi connectivity index (χ0n) is 9.55. The van der Waals surface area contributed by atoms with Crippen LogP contribution >= 0.6 is 0 Å². The van der Waals surface area contributed by atoms with E-state index < -0.39 is 0 Å². The van der Waals surface area contributed by atoms with Crippen molar-refractivity contribution >= 4 is 0 Å². The van der Waals surface area contributed by atoms with Crippen LogP contribution in [0.2, 0.25) is 0 Å². The molecule has 0 radical (unpaired) electrons. The van der Waals surface area contributed by atoms with E-state index in [1.807, 2.05) is 22.9 Å². The van der Waals surface area contributed by atoms with E-state index in [2.05, 4.69) is 16.9 Å². The van der Waals surface area contributed by atoms with Gasteiger partial charge in [0, 0.05) is 18.8 Å². The average Bonchev–Trinajstić information content (AvgIpc) is 2.78. The molecule has 0 aliphatic rings. The van der Waals surface area contributed by atoms with Crippen molar-refractivity contribution < 1.29 is 4.74 Å². The Hall–Kier alpha value is -1.84. The van der Waals surface area contributed by atoms with E-state index in [4.69, 9.17) is 4.74 Å². The molecule has 0 unspecified atom stereocenters. The highest BCUT2D eigenvalue weighted by Crippen LogP contribution is 2.13. The minimum Gasteiger partial charge on any atom is -0.495 e. The number of hydrogen-bond donors (Lipinski definition) is 0. The molecule has 0 amide bonds. The quantitative estimate of drug-likeness (QED) is 0.788. The second-order valence-corrected chi connectivity index (χ2v) is 3.52. The van der Waals surface area contributed by atoms with Crippen LogP contribution < -0.4 is 4.74 Å². The third-order valence-corrected chi connectivity index (χ3v) is 2.39. The average molecular weight is 217 g/mol. The number of methoxy groups -OCH3 is 1. The van der Waals surface area contributed by atoms with Crippen molar-refractivity contribution in [2.75, 3.05) is 7.11 Å². The summed E-state index contributed by atoms with van der Waals surface area (Å²) in [5.41, 5.74) is 0. The molecule has 0 saturated heterocycles. The monoisotopic (exact) mass is 217 g/mol. The van der Waals surface area contributed by atoms with Gasteiger partial charge in [0.1, 0.15) is 17.4 Å². The summed E-state index contributed by atoms with van der Waals surface area (Å²) in [6.07, 6.45) is 7.48. The van der Waals surface area contributed by atoms with E-state index in [1.54, 1.807) is 19.5 Å². The molecular formula is C12H15N3O. The van der Waals surface area contributed by atoms with Crippen molar-refractivity contribution in [2.24, 2.45) is 0 Å². The van der Waals surface area contributed by atoms with Gasteiger partial charge in [0.2, 0.25) is 0 Å². The second-order valence-electron chi connectivity index (χ2n) is 3.52. The van der Waals surface area contributed by atoms with E-state index in [0.717, 1.165) is 30.2 Å². The van der Waals surface area contributed by atoms with Crippen molar-refractivity contribution in [3.05, 3.63) is 36.5 Å². The summed E-state index contributed by atoms with van der Waals surface area (Å²) in [7, 11) is 1.64. The minimum atomic E-state index is 0.765. The predicted molar refractivity (Wildman–Crippen MR) is 61.9 cm³/mol. The van der Waals surface area contributed by atoms with Gasteiger partial charge in [-0.05, 0) is 18.6 Å². The van der Waals surface area contributed by atoms with Crippen LogP contribution in [-0.2, 0) is 6.42 Å². The van der Waals surface area contributed by atoms with Gasteiger partial charge in [0.25, 0.3) is 0 Å². The first-order valence-corrected chi connectivity index (χ1v) is 5.37. The molecule has 2 rings (SSSR count). The molecule has 0 aliphatic carbocycles. The summed E-state index contributed by atoms with van der Waals surface area (Å²) in [6.45, 7) is 2.14. The van der Waals surface area contributed by atoms with E-state index in [-0.39, 0.29) is 0 Å². The molecule has 4 nitrogen and oxygen atoms in total. The smallest absolute Gasteiger partial charge is 0.138 e. The second kappa shape index (κ2) is 4.79. The lowest BCUT2D eigenvalue weighted by Gasteiger charge is -2.06. The molecule has 0 saturated carbocycles. The maximum Gasteiger partial charge on any atom is 0.138 e. The van der Waals surface area contributed by atoms with Crippen molar-refractivity contribution in [3.8, 4) is 11.6 Å². The zero-order valence-corrected chi connectivity index (χ0v) is 9.55. The number of hydrogen-bond acceptors (Lipinski definition) is 3. The van der Waals surface area contributed by atoms with Crippen LogP contribution in [0.1, 0.15) is 19.2 Å². The number of pyridine rings is 1. The SMILES string of the molecule is CCCc1nccn1-c1ccc(OC)cn1. The summed E-state index contributed by atoms with van der Waals surface area (Å²) in [6, 6.07) is 3.83. The van der Waals surface area contributed by atoms with Gasteiger partial charge >= 0.3 is 0 Å². The number of aryl methyl sites for hydroxylation is 1. The van der Waals surface area contributed by atoms with E-state index in [0.29, 0.717) is 0 Å². The molecule has 0 bridgehead atoms. The number of nitrogens with zero attached hydrogens (tertiary/aromatic N) is 3. The summed E-state index contributed by atoms with van der Waals surface area (Å²) >= 11 is 0. The third-order valence-electron chi connectivity index (χ3n) is 2.39. The van der Waals surface area contributed by atoms with Gasteiger partial charge in [-0.2, -0.15) is 0 Å². The van der Waals surface area contributed by atoms with Crippen molar-refractivity contribution in [2.45, 2.75) is 19.8 Å². The van der Waals surface area contributed by atoms with Gasteiger partial charge in [-0.15, -0.1) is 0 Å². The van der Waals surface area contributed by atoms with E-state index >= 15 is 0 Å². The van der Waals surface area contributed by atoms with Crippen LogP contribution in [-0.4, -0.2) is 21.6 Å². The molecule has 0 aromatic carbocycles. The first-order valence-electron chi connectivity index (χ1n) is 5.37. The molecule has 4 heteroatoms. The molecule has 0 N–H and O–H groups in total. The number of imidazole rings is 1. The molecule has 0 fully saturated rings. The topological polar surface area (TPSA) is 39.9 Å². The third kappa shape index (κ3) is 2.05. The van der Waals surface area contributed by atoms with Crippen LogP contribution in [0.25, 0.3) is 5.82 Å². The van der Waals surface area contributed by atoms with Crippen LogP contribution in [0, 0.1) is 0 Å². The van der Waals surface area contributed by atoms with E-state index in [9.17, 15) is 0 Å². The van der Waals surface area contributed by atoms with Gasteiger partial charge in [-0.25, -0.2) is 9.97 Å². The Morgan fingerprint density at radius 1 is 1.31 bits per heavy atom. The molecule has 0 spiro atoms. The van der Waals surface area contributed by atoms with Crippen molar-refractivity contribution in [1.29, 1.82) is 0 Å². The first kappa shape index (κ1) is 10.7. The Kier molecular flexibility index (Phi) is 3.19. The molecule has 0 atom stereocenters. The molecule has 84 valence electrons. The summed E-state index contributed by atoms with van der Waals surface area (Å²) in [4.78, 5) is 8.65. The summed E-state index contributed by atoms with van der Waals surface area (Å²) in [5, 5.41) is 0. The molecule has 16 heavy (non-hydrogen) atoms. The van der Waals surface area contributed by atoms with Crippen LogP contribution in [0.3, 0.4) is 0 Å². The molecule has 2 heterocycles. The Morgan fingerprint density at radius 3 is 2.81 bits per heavy atom.